The van der Waals surface area contributed by atoms with E-state index in [0.717, 1.165) is 28.9 Å². The van der Waals surface area contributed by atoms with Crippen LogP contribution in [0.3, 0.4) is 0 Å². The topological polar surface area (TPSA) is 9.23 Å². The van der Waals surface area contributed by atoms with Gasteiger partial charge in [-0.3, -0.25) is 0 Å². The molecule has 186 valence electrons. The third kappa shape index (κ3) is 7.02. The average Bonchev–Trinajstić information content (AvgIpc) is 2.85. The van der Waals surface area contributed by atoms with Gasteiger partial charge in [-0.25, -0.2) is 0 Å². The fourth-order valence-electron chi connectivity index (χ4n) is 6.27. The molecule has 0 bridgehead atoms. The van der Waals surface area contributed by atoms with Crippen LogP contribution in [0.25, 0.3) is 11.1 Å². The molecular formula is C30H39F3O. The maximum absolute atomic E-state index is 12.3. The maximum atomic E-state index is 12.3. The molecule has 2 aliphatic rings. The van der Waals surface area contributed by atoms with E-state index in [1.54, 1.807) is 12.1 Å². The van der Waals surface area contributed by atoms with Crippen molar-refractivity contribution in [3.8, 4) is 16.9 Å². The van der Waals surface area contributed by atoms with Crippen molar-refractivity contribution in [3.05, 3.63) is 54.1 Å². The minimum absolute atomic E-state index is 0.241. The van der Waals surface area contributed by atoms with Crippen molar-refractivity contribution >= 4 is 0 Å². The van der Waals surface area contributed by atoms with Gasteiger partial charge in [0.15, 0.2) is 6.61 Å². The van der Waals surface area contributed by atoms with Crippen LogP contribution in [0.2, 0.25) is 0 Å². The highest BCUT2D eigenvalue weighted by atomic mass is 19.4. The van der Waals surface area contributed by atoms with Crippen molar-refractivity contribution in [2.45, 2.75) is 89.6 Å². The second-order valence-corrected chi connectivity index (χ2v) is 10.6. The molecule has 4 rings (SSSR count). The minimum atomic E-state index is -4.32. The number of fused-ring (bicyclic) bond motifs is 1. The summed E-state index contributed by atoms with van der Waals surface area (Å²) in [6.45, 7) is 1.03. The summed E-state index contributed by atoms with van der Waals surface area (Å²) < 4.78 is 41.8. The fraction of sp³-hybridized carbons (Fsp3) is 0.600. The van der Waals surface area contributed by atoms with Crippen LogP contribution < -0.4 is 4.74 Å². The summed E-state index contributed by atoms with van der Waals surface area (Å²) in [5, 5.41) is 0. The monoisotopic (exact) mass is 472 g/mol. The Labute approximate surface area is 203 Å². The van der Waals surface area contributed by atoms with E-state index in [9.17, 15) is 13.2 Å². The molecule has 2 fully saturated rings. The van der Waals surface area contributed by atoms with Crippen molar-refractivity contribution in [2.24, 2.45) is 17.8 Å². The Morgan fingerprint density at radius 2 is 1.41 bits per heavy atom. The van der Waals surface area contributed by atoms with Crippen molar-refractivity contribution in [1.82, 2.24) is 0 Å². The van der Waals surface area contributed by atoms with E-state index in [1.165, 1.54) is 76.2 Å². The number of halogens is 3. The van der Waals surface area contributed by atoms with E-state index in [4.69, 9.17) is 4.74 Å². The van der Waals surface area contributed by atoms with Gasteiger partial charge >= 0.3 is 6.18 Å². The summed E-state index contributed by atoms with van der Waals surface area (Å²) in [5.41, 5.74) is 3.52. The first-order valence-corrected chi connectivity index (χ1v) is 13.3. The SMILES string of the molecule is CCCCCCC1CCC2CC(c3ccc(-c4ccc(OCC(F)(F)F)cc4)cc3)CCC2C1. The van der Waals surface area contributed by atoms with Gasteiger partial charge in [0.2, 0.25) is 0 Å². The van der Waals surface area contributed by atoms with Crippen LogP contribution in [-0.2, 0) is 0 Å². The van der Waals surface area contributed by atoms with Gasteiger partial charge in [-0.05, 0) is 84.6 Å². The smallest absolute Gasteiger partial charge is 0.422 e. The molecule has 2 aromatic rings. The lowest BCUT2D eigenvalue weighted by Gasteiger charge is -2.42. The Morgan fingerprint density at radius 1 is 0.765 bits per heavy atom. The molecule has 0 radical (unpaired) electrons. The molecular weight excluding hydrogens is 433 g/mol. The Morgan fingerprint density at radius 3 is 2.09 bits per heavy atom. The predicted molar refractivity (Wildman–Crippen MR) is 133 cm³/mol. The van der Waals surface area contributed by atoms with Gasteiger partial charge in [-0.1, -0.05) is 81.8 Å². The van der Waals surface area contributed by atoms with Gasteiger partial charge in [0, 0.05) is 0 Å². The average molecular weight is 473 g/mol. The first-order valence-electron chi connectivity index (χ1n) is 13.3. The van der Waals surface area contributed by atoms with Crippen molar-refractivity contribution in [3.63, 3.8) is 0 Å². The highest BCUT2D eigenvalue weighted by Gasteiger charge is 2.35. The number of unbranched alkanes of at least 4 members (excludes halogenated alkanes) is 3. The van der Waals surface area contributed by atoms with Crippen LogP contribution in [0.5, 0.6) is 5.75 Å². The Hall–Kier alpha value is -1.97. The molecule has 2 aliphatic carbocycles. The number of rotatable bonds is 9. The van der Waals surface area contributed by atoms with Gasteiger partial charge in [-0.2, -0.15) is 13.2 Å². The first kappa shape index (κ1) is 25.1. The standard InChI is InChI=1S/C30H39F3O/c1-2-3-4-5-6-22-7-8-28-20-27(14-13-26(28)19-22)25-11-9-23(10-12-25)24-15-17-29(18-16-24)34-21-30(31,32)33/h9-12,15-18,22,26-28H,2-8,13-14,19-21H2,1H3. The maximum Gasteiger partial charge on any atom is 0.422 e. The summed E-state index contributed by atoms with van der Waals surface area (Å²) in [4.78, 5) is 0. The molecule has 4 atom stereocenters. The molecule has 0 aromatic heterocycles. The molecule has 2 aromatic carbocycles. The highest BCUT2D eigenvalue weighted by molar-refractivity contribution is 5.64. The fourth-order valence-corrected chi connectivity index (χ4v) is 6.27. The zero-order valence-electron chi connectivity index (χ0n) is 20.5. The summed E-state index contributed by atoms with van der Waals surface area (Å²) >= 11 is 0. The Bertz CT molecular complexity index is 871. The third-order valence-electron chi connectivity index (χ3n) is 8.16. The minimum Gasteiger partial charge on any atom is -0.484 e. The first-order chi connectivity index (χ1) is 16.4. The van der Waals surface area contributed by atoms with Crippen molar-refractivity contribution in [1.29, 1.82) is 0 Å². The van der Waals surface area contributed by atoms with E-state index in [0.29, 0.717) is 5.92 Å². The van der Waals surface area contributed by atoms with Crippen molar-refractivity contribution < 1.29 is 17.9 Å². The largest absolute Gasteiger partial charge is 0.484 e. The predicted octanol–water partition coefficient (Wildman–Crippen LogP) is 9.57. The van der Waals surface area contributed by atoms with Gasteiger partial charge < -0.3 is 4.74 Å². The summed E-state index contributed by atoms with van der Waals surface area (Å²) in [7, 11) is 0. The lowest BCUT2D eigenvalue weighted by atomic mass is 9.63. The van der Waals surface area contributed by atoms with E-state index >= 15 is 0 Å². The van der Waals surface area contributed by atoms with Crippen LogP contribution >= 0.6 is 0 Å². The van der Waals surface area contributed by atoms with Gasteiger partial charge in [0.05, 0.1) is 0 Å². The lowest BCUT2D eigenvalue weighted by molar-refractivity contribution is -0.153. The number of benzene rings is 2. The lowest BCUT2D eigenvalue weighted by Crippen LogP contribution is -2.30. The zero-order chi connectivity index (χ0) is 24.0. The summed E-state index contributed by atoms with van der Waals surface area (Å²) in [5.74, 6) is 3.71. The Balaban J connectivity index is 1.28. The molecule has 34 heavy (non-hydrogen) atoms. The van der Waals surface area contributed by atoms with E-state index in [1.807, 2.05) is 12.1 Å². The molecule has 4 unspecified atom stereocenters. The van der Waals surface area contributed by atoms with Crippen LogP contribution in [0.15, 0.2) is 48.5 Å². The van der Waals surface area contributed by atoms with Crippen LogP contribution in [0, 0.1) is 17.8 Å². The molecule has 0 heterocycles. The van der Waals surface area contributed by atoms with Crippen LogP contribution in [0.4, 0.5) is 13.2 Å². The summed E-state index contributed by atoms with van der Waals surface area (Å²) in [6, 6.07) is 15.7. The second kappa shape index (κ2) is 11.6. The second-order valence-electron chi connectivity index (χ2n) is 10.6. The molecule has 0 saturated heterocycles. The van der Waals surface area contributed by atoms with Crippen molar-refractivity contribution in [2.75, 3.05) is 6.61 Å². The van der Waals surface area contributed by atoms with Crippen LogP contribution in [0.1, 0.15) is 89.0 Å². The molecule has 0 aliphatic heterocycles. The van der Waals surface area contributed by atoms with Gasteiger partial charge in [0.25, 0.3) is 0 Å². The molecule has 2 saturated carbocycles. The third-order valence-corrected chi connectivity index (χ3v) is 8.16. The quantitative estimate of drug-likeness (QED) is 0.330. The highest BCUT2D eigenvalue weighted by Crippen LogP contribution is 2.48. The number of alkyl halides is 3. The molecule has 0 amide bonds. The van der Waals surface area contributed by atoms with E-state index in [2.05, 4.69) is 31.2 Å². The molecule has 1 nitrogen and oxygen atoms in total. The van der Waals surface area contributed by atoms with E-state index < -0.39 is 12.8 Å². The Kier molecular flexibility index (Phi) is 8.60. The van der Waals surface area contributed by atoms with Gasteiger partial charge in [-0.15, -0.1) is 0 Å². The number of ether oxygens (including phenoxy) is 1. The van der Waals surface area contributed by atoms with Crippen LogP contribution in [-0.4, -0.2) is 12.8 Å². The zero-order valence-corrected chi connectivity index (χ0v) is 20.5. The normalized spacial score (nSPS) is 25.1. The molecule has 4 heteroatoms. The summed E-state index contributed by atoms with van der Waals surface area (Å²) in [6.07, 6.45) is 11.0. The number of hydrogen-bond donors (Lipinski definition) is 0. The molecule has 0 spiro atoms. The van der Waals surface area contributed by atoms with E-state index in [-0.39, 0.29) is 5.75 Å². The molecule has 0 N–H and O–H groups in total. The van der Waals surface area contributed by atoms with Gasteiger partial charge in [0.1, 0.15) is 5.75 Å². The number of hydrogen-bond acceptors (Lipinski definition) is 1.